The predicted octanol–water partition coefficient (Wildman–Crippen LogP) is 4.47. The molecule has 1 unspecified atom stereocenters. The van der Waals surface area contributed by atoms with Crippen molar-refractivity contribution in [2.24, 2.45) is 13.0 Å². The van der Waals surface area contributed by atoms with E-state index < -0.39 is 33.0 Å². The fourth-order valence-electron chi connectivity index (χ4n) is 8.14. The average Bonchev–Trinajstić information content (AvgIpc) is 3.44. The minimum atomic E-state index is -4.50. The maximum Gasteiger partial charge on any atom is 0.419 e. The number of piperidine rings is 2. The Bertz CT molecular complexity index is 1850. The van der Waals surface area contributed by atoms with Crippen LogP contribution in [0.1, 0.15) is 74.8 Å². The molecule has 7 rings (SSSR count). The topological polar surface area (TPSA) is 146 Å². The minimum Gasteiger partial charge on any atom is -0.351 e. The molecular formula is C34H44F3N9O4S. The first-order valence-electron chi connectivity index (χ1n) is 17.8. The van der Waals surface area contributed by atoms with Gasteiger partial charge in [-0.15, -0.1) is 0 Å². The van der Waals surface area contributed by atoms with Gasteiger partial charge in [0.25, 0.3) is 0 Å². The molecule has 3 aliphatic heterocycles. The van der Waals surface area contributed by atoms with Crippen LogP contribution in [0, 0.1) is 5.92 Å². The number of aryl methyl sites for hydroxylation is 1. The number of amides is 3. The Morgan fingerprint density at radius 3 is 2.37 bits per heavy atom. The first-order chi connectivity index (χ1) is 24.3. The molecule has 51 heavy (non-hydrogen) atoms. The van der Waals surface area contributed by atoms with Crippen LogP contribution in [-0.4, -0.2) is 99.9 Å². The van der Waals surface area contributed by atoms with Crippen molar-refractivity contribution < 1.29 is 31.2 Å². The number of aromatic nitrogens is 4. The zero-order valence-electron chi connectivity index (χ0n) is 28.6. The summed E-state index contributed by atoms with van der Waals surface area (Å²) in [4.78, 5) is 35.7. The second-order valence-corrected chi connectivity index (χ2v) is 16.6. The largest absolute Gasteiger partial charge is 0.419 e. The summed E-state index contributed by atoms with van der Waals surface area (Å²) in [5, 5.41) is 10.5. The van der Waals surface area contributed by atoms with Crippen LogP contribution in [0.3, 0.4) is 0 Å². The summed E-state index contributed by atoms with van der Waals surface area (Å²) < 4.78 is 69.4. The molecular weight excluding hydrogens is 687 g/mol. The van der Waals surface area contributed by atoms with Gasteiger partial charge in [0.2, 0.25) is 21.9 Å². The number of hydrogen-bond donors (Lipinski definition) is 2. The highest BCUT2D eigenvalue weighted by molar-refractivity contribution is 7.89. The van der Waals surface area contributed by atoms with Crippen molar-refractivity contribution in [3.05, 3.63) is 41.7 Å². The van der Waals surface area contributed by atoms with E-state index in [1.54, 1.807) is 8.99 Å². The molecule has 1 saturated carbocycles. The lowest BCUT2D eigenvalue weighted by atomic mass is 9.88. The number of imide groups is 1. The normalized spacial score (nSPS) is 24.9. The Balaban J connectivity index is 0.891. The Kier molecular flexibility index (Phi) is 9.97. The van der Waals surface area contributed by atoms with E-state index in [4.69, 9.17) is 0 Å². The quantitative estimate of drug-likeness (QED) is 0.343. The van der Waals surface area contributed by atoms with E-state index in [0.717, 1.165) is 68.6 Å². The number of carbonyl (C=O) groups is 2. The molecule has 0 radical (unpaired) electrons. The smallest absolute Gasteiger partial charge is 0.351 e. The molecule has 2 N–H and O–H groups in total. The summed E-state index contributed by atoms with van der Waals surface area (Å²) in [6.07, 6.45) is 3.20. The molecule has 17 heteroatoms. The van der Waals surface area contributed by atoms with Crippen LogP contribution in [0.5, 0.6) is 0 Å². The highest BCUT2D eigenvalue weighted by Crippen LogP contribution is 2.35. The minimum absolute atomic E-state index is 0.0930. The van der Waals surface area contributed by atoms with Gasteiger partial charge in [-0.25, -0.2) is 27.5 Å². The molecule has 1 aliphatic carbocycles. The highest BCUT2D eigenvalue weighted by Gasteiger charge is 2.38. The molecule has 13 nitrogen and oxygen atoms in total. The molecule has 4 aliphatic rings. The van der Waals surface area contributed by atoms with Crippen LogP contribution < -0.4 is 15.5 Å². The van der Waals surface area contributed by atoms with Gasteiger partial charge in [-0.1, -0.05) is 6.07 Å². The van der Waals surface area contributed by atoms with Gasteiger partial charge in [-0.05, 0) is 94.0 Å². The van der Waals surface area contributed by atoms with Gasteiger partial charge >= 0.3 is 12.2 Å². The van der Waals surface area contributed by atoms with E-state index in [2.05, 4.69) is 42.7 Å². The highest BCUT2D eigenvalue weighted by atomic mass is 32.2. The molecule has 3 amide bonds. The van der Waals surface area contributed by atoms with Gasteiger partial charge in [-0.2, -0.15) is 18.3 Å². The van der Waals surface area contributed by atoms with E-state index >= 15 is 0 Å². The molecule has 276 valence electrons. The predicted molar refractivity (Wildman–Crippen MR) is 185 cm³/mol. The summed E-state index contributed by atoms with van der Waals surface area (Å²) in [7, 11) is -1.61. The number of nitrogens with one attached hydrogen (secondary N) is 2. The second kappa shape index (κ2) is 14.3. The van der Waals surface area contributed by atoms with Crippen LogP contribution in [-0.2, 0) is 28.0 Å². The maximum absolute atomic E-state index is 13.7. The van der Waals surface area contributed by atoms with Gasteiger partial charge < -0.3 is 10.2 Å². The van der Waals surface area contributed by atoms with Crippen molar-refractivity contribution >= 4 is 44.6 Å². The first-order valence-corrected chi connectivity index (χ1v) is 19.3. The van der Waals surface area contributed by atoms with Crippen LogP contribution in [0.15, 0.2) is 30.6 Å². The van der Waals surface area contributed by atoms with E-state index in [-0.39, 0.29) is 30.2 Å². The zero-order valence-corrected chi connectivity index (χ0v) is 29.4. The number of urea groups is 1. The molecule has 3 aromatic rings. The van der Waals surface area contributed by atoms with Crippen molar-refractivity contribution in [1.29, 1.82) is 0 Å². The lowest BCUT2D eigenvalue weighted by Gasteiger charge is -2.39. The lowest BCUT2D eigenvalue weighted by Crippen LogP contribution is -2.49. The first kappa shape index (κ1) is 35.6. The van der Waals surface area contributed by atoms with Crippen LogP contribution in [0.4, 0.5) is 29.7 Å². The van der Waals surface area contributed by atoms with E-state index in [1.165, 1.54) is 10.5 Å². The number of anilines is 2. The summed E-state index contributed by atoms with van der Waals surface area (Å²) in [5.74, 6) is 1.05. The van der Waals surface area contributed by atoms with Crippen molar-refractivity contribution in [2.45, 2.75) is 81.2 Å². The summed E-state index contributed by atoms with van der Waals surface area (Å²) in [6.45, 7) is 4.11. The number of sulfonamides is 1. The van der Waals surface area contributed by atoms with E-state index in [0.29, 0.717) is 57.1 Å². The SMILES string of the molecule is Cn1nc(N2CCC(=O)NC2=O)c2ccc(C3CCN(CC4CCCN(S(=O)(=O)C5CCC(Nc6ncc(C(F)(F)F)cn6)CC5)C4)CC3)cc21. The number of fused-ring (bicyclic) bond motifs is 1. The average molecular weight is 732 g/mol. The summed E-state index contributed by atoms with van der Waals surface area (Å²) in [6, 6.07) is 5.77. The van der Waals surface area contributed by atoms with Crippen LogP contribution >= 0.6 is 0 Å². The third-order valence-corrected chi connectivity index (χ3v) is 13.4. The van der Waals surface area contributed by atoms with Crippen LogP contribution in [0.2, 0.25) is 0 Å². The van der Waals surface area contributed by atoms with Gasteiger partial charge in [0.05, 0.1) is 16.3 Å². The molecule has 0 spiro atoms. The standard InChI is InChI=1S/C34H44F3N9O4S/c1-43-29-17-24(4-9-28(29)31(42-43)46-16-12-30(47)41-33(46)48)23-10-14-44(15-11-23)20-22-3-2-13-45(21-22)51(49,50)27-7-5-26(6-8-27)40-32-38-18-25(19-39-32)34(35,36)37/h4,9,17-19,22-23,26-27H,2-3,5-8,10-16,20-21H2,1H3,(H,38,39,40)(H,41,47,48). The number of likely N-dealkylation sites (tertiary alicyclic amines) is 1. The molecule has 1 atom stereocenters. The second-order valence-electron chi connectivity index (χ2n) is 14.4. The van der Waals surface area contributed by atoms with Crippen molar-refractivity contribution in [3.63, 3.8) is 0 Å². The Morgan fingerprint density at radius 1 is 0.961 bits per heavy atom. The summed E-state index contributed by atoms with van der Waals surface area (Å²) >= 11 is 0. The third-order valence-electron chi connectivity index (χ3n) is 11.0. The Hall–Kier alpha value is -3.83. The van der Waals surface area contributed by atoms with E-state index in [1.807, 2.05) is 13.1 Å². The molecule has 1 aromatic carbocycles. The van der Waals surface area contributed by atoms with Crippen molar-refractivity contribution in [3.8, 4) is 0 Å². The van der Waals surface area contributed by atoms with Crippen molar-refractivity contribution in [1.82, 2.24) is 34.3 Å². The van der Waals surface area contributed by atoms with Gasteiger partial charge in [-0.3, -0.25) is 19.7 Å². The zero-order chi connectivity index (χ0) is 35.9. The number of alkyl halides is 3. The van der Waals surface area contributed by atoms with Crippen molar-refractivity contribution in [2.75, 3.05) is 49.5 Å². The van der Waals surface area contributed by atoms with E-state index in [9.17, 15) is 31.2 Å². The number of carbonyl (C=O) groups excluding carboxylic acids is 2. The fourth-order valence-corrected chi connectivity index (χ4v) is 10.2. The monoisotopic (exact) mass is 731 g/mol. The van der Waals surface area contributed by atoms with Gasteiger partial charge in [0, 0.05) is 63.5 Å². The number of nitrogens with zero attached hydrogens (tertiary/aromatic N) is 7. The summed E-state index contributed by atoms with van der Waals surface area (Å²) in [5.41, 5.74) is 1.27. The molecule has 3 saturated heterocycles. The lowest BCUT2D eigenvalue weighted by molar-refractivity contribution is -0.138. The fraction of sp³-hybridized carbons (Fsp3) is 0.618. The van der Waals surface area contributed by atoms with Gasteiger partial charge in [0.1, 0.15) is 0 Å². The third kappa shape index (κ3) is 7.70. The van der Waals surface area contributed by atoms with Gasteiger partial charge in [0.15, 0.2) is 5.82 Å². The molecule has 0 bridgehead atoms. The number of hydrogen-bond acceptors (Lipinski definition) is 9. The Morgan fingerprint density at radius 2 is 1.69 bits per heavy atom. The van der Waals surface area contributed by atoms with Crippen LogP contribution in [0.25, 0.3) is 10.9 Å². The maximum atomic E-state index is 13.7. The number of benzene rings is 1. The molecule has 2 aromatic heterocycles. The molecule has 5 heterocycles. The number of halogens is 3. The molecule has 4 fully saturated rings. The number of rotatable bonds is 8. The Labute approximate surface area is 295 Å².